The van der Waals surface area contributed by atoms with E-state index >= 15 is 0 Å². The summed E-state index contributed by atoms with van der Waals surface area (Å²) < 4.78 is 6.61. The molecule has 6 heteroatoms. The van der Waals surface area contributed by atoms with E-state index in [0.717, 1.165) is 4.47 Å². The Morgan fingerprint density at radius 1 is 1.69 bits per heavy atom. The van der Waals surface area contributed by atoms with Gasteiger partial charge in [0.2, 0.25) is 5.91 Å². The number of hydrogen-bond donors (Lipinski definition) is 2. The summed E-state index contributed by atoms with van der Waals surface area (Å²) in [5.41, 5.74) is 0. The number of nitrogens with one attached hydrogen (secondary N) is 1. The molecule has 2 N–H and O–H groups in total. The fourth-order valence-corrected chi connectivity index (χ4v) is 1.52. The van der Waals surface area contributed by atoms with Gasteiger partial charge in [-0.15, -0.1) is 0 Å². The minimum absolute atomic E-state index is 0.231. The highest BCUT2D eigenvalue weighted by Crippen LogP contribution is 2.27. The fraction of sp³-hybridized carbons (Fsp3) is 0.300. The van der Waals surface area contributed by atoms with Crippen LogP contribution in [0.4, 0.5) is 0 Å². The van der Waals surface area contributed by atoms with Crippen LogP contribution in [-0.4, -0.2) is 23.7 Å². The zero-order valence-electron chi connectivity index (χ0n) is 8.54. The van der Waals surface area contributed by atoms with Crippen molar-refractivity contribution in [1.29, 1.82) is 0 Å². The summed E-state index contributed by atoms with van der Waals surface area (Å²) in [6, 6.07) is 1.74. The van der Waals surface area contributed by atoms with Gasteiger partial charge in [-0.3, -0.25) is 4.79 Å². The number of aliphatic hydroxyl groups excluding tert-OH is 1. The fourth-order valence-electron chi connectivity index (χ4n) is 0.910. The summed E-state index contributed by atoms with van der Waals surface area (Å²) >= 11 is 6.46. The molecule has 1 unspecified atom stereocenters. The highest BCUT2D eigenvalue weighted by molar-refractivity contribution is 9.13. The molecule has 16 heavy (non-hydrogen) atoms. The predicted octanol–water partition coefficient (Wildman–Crippen LogP) is 2.31. The average Bonchev–Trinajstić information content (AvgIpc) is 2.52. The SMILES string of the molecule is CC(O)CNC(=O)/C=C/c1cc(Br)c(Br)o1. The molecule has 0 aliphatic carbocycles. The van der Waals surface area contributed by atoms with Crippen molar-refractivity contribution in [3.8, 4) is 0 Å². The number of aliphatic hydroxyl groups is 1. The monoisotopic (exact) mass is 351 g/mol. The quantitative estimate of drug-likeness (QED) is 0.817. The normalized spacial score (nSPS) is 13.0. The molecule has 0 fully saturated rings. The molecular formula is C10H11Br2NO3. The Hall–Kier alpha value is -0.590. The van der Waals surface area contributed by atoms with Crippen molar-refractivity contribution >= 4 is 43.8 Å². The van der Waals surface area contributed by atoms with E-state index in [1.807, 2.05) is 0 Å². The second-order valence-electron chi connectivity index (χ2n) is 3.20. The molecule has 1 rings (SSSR count). The smallest absolute Gasteiger partial charge is 0.244 e. The van der Waals surface area contributed by atoms with Crippen molar-refractivity contribution < 1.29 is 14.3 Å². The van der Waals surface area contributed by atoms with E-state index in [4.69, 9.17) is 9.52 Å². The Morgan fingerprint density at radius 3 is 2.88 bits per heavy atom. The molecule has 1 aromatic rings. The van der Waals surface area contributed by atoms with Crippen LogP contribution in [-0.2, 0) is 4.79 Å². The van der Waals surface area contributed by atoms with Gasteiger partial charge in [-0.05, 0) is 50.9 Å². The third-order valence-electron chi connectivity index (χ3n) is 1.63. The topological polar surface area (TPSA) is 62.5 Å². The largest absolute Gasteiger partial charge is 0.449 e. The molecular weight excluding hydrogens is 342 g/mol. The molecule has 0 radical (unpaired) electrons. The van der Waals surface area contributed by atoms with Crippen molar-refractivity contribution in [2.45, 2.75) is 13.0 Å². The average molecular weight is 353 g/mol. The van der Waals surface area contributed by atoms with Crippen LogP contribution < -0.4 is 5.32 Å². The first-order valence-corrected chi connectivity index (χ1v) is 6.16. The van der Waals surface area contributed by atoms with Crippen molar-refractivity contribution in [3.63, 3.8) is 0 Å². The lowest BCUT2D eigenvalue weighted by molar-refractivity contribution is -0.116. The zero-order valence-corrected chi connectivity index (χ0v) is 11.7. The number of carbonyl (C=O) groups excluding carboxylic acids is 1. The number of hydrogen-bond acceptors (Lipinski definition) is 3. The summed E-state index contributed by atoms with van der Waals surface area (Å²) in [7, 11) is 0. The van der Waals surface area contributed by atoms with Crippen molar-refractivity contribution in [1.82, 2.24) is 5.32 Å². The molecule has 4 nitrogen and oxygen atoms in total. The van der Waals surface area contributed by atoms with Gasteiger partial charge in [0.15, 0.2) is 4.67 Å². The van der Waals surface area contributed by atoms with E-state index in [1.54, 1.807) is 19.1 Å². The van der Waals surface area contributed by atoms with Crippen LogP contribution in [0.3, 0.4) is 0 Å². The first kappa shape index (κ1) is 13.5. The molecule has 1 amide bonds. The van der Waals surface area contributed by atoms with Crippen LogP contribution in [0.2, 0.25) is 0 Å². The van der Waals surface area contributed by atoms with Gasteiger partial charge in [-0.25, -0.2) is 0 Å². The van der Waals surface area contributed by atoms with Gasteiger partial charge in [-0.1, -0.05) is 0 Å². The van der Waals surface area contributed by atoms with Crippen LogP contribution in [0, 0.1) is 0 Å². The molecule has 1 aromatic heterocycles. The van der Waals surface area contributed by atoms with E-state index in [-0.39, 0.29) is 12.5 Å². The van der Waals surface area contributed by atoms with Gasteiger partial charge < -0.3 is 14.8 Å². The maximum atomic E-state index is 11.2. The van der Waals surface area contributed by atoms with E-state index in [0.29, 0.717) is 10.4 Å². The van der Waals surface area contributed by atoms with Gasteiger partial charge in [-0.2, -0.15) is 0 Å². The summed E-state index contributed by atoms with van der Waals surface area (Å²) in [6.45, 7) is 1.83. The summed E-state index contributed by atoms with van der Waals surface area (Å²) in [5, 5.41) is 11.5. The lowest BCUT2D eigenvalue weighted by Gasteiger charge is -2.03. The Morgan fingerprint density at radius 2 is 2.38 bits per heavy atom. The number of halogens is 2. The first-order valence-electron chi connectivity index (χ1n) is 4.58. The maximum absolute atomic E-state index is 11.2. The minimum Gasteiger partial charge on any atom is -0.449 e. The molecule has 0 aliphatic rings. The Bertz CT molecular complexity index is 379. The van der Waals surface area contributed by atoms with Gasteiger partial charge in [0.25, 0.3) is 0 Å². The number of carbonyl (C=O) groups is 1. The van der Waals surface area contributed by atoms with Gasteiger partial charge in [0.05, 0.1) is 10.6 Å². The Labute approximate surface area is 110 Å². The van der Waals surface area contributed by atoms with Crippen LogP contribution in [0.1, 0.15) is 12.7 Å². The van der Waals surface area contributed by atoms with E-state index < -0.39 is 6.10 Å². The highest BCUT2D eigenvalue weighted by atomic mass is 79.9. The van der Waals surface area contributed by atoms with Gasteiger partial charge in [0.1, 0.15) is 5.76 Å². The second kappa shape index (κ2) is 6.22. The van der Waals surface area contributed by atoms with Crippen molar-refractivity contribution in [3.05, 3.63) is 27.0 Å². The van der Waals surface area contributed by atoms with Crippen molar-refractivity contribution in [2.75, 3.05) is 6.54 Å². The molecule has 0 aliphatic heterocycles. The van der Waals surface area contributed by atoms with Crippen LogP contribution >= 0.6 is 31.9 Å². The standard InChI is InChI=1S/C10H11Br2NO3/c1-6(14)5-13-9(15)3-2-7-4-8(11)10(12)16-7/h2-4,6,14H,5H2,1H3,(H,13,15)/b3-2+. The van der Waals surface area contributed by atoms with Crippen LogP contribution in [0.25, 0.3) is 6.08 Å². The zero-order chi connectivity index (χ0) is 12.1. The van der Waals surface area contributed by atoms with E-state index in [1.165, 1.54) is 6.08 Å². The number of amides is 1. The predicted molar refractivity (Wildman–Crippen MR) is 67.8 cm³/mol. The number of furan rings is 1. The molecule has 0 saturated carbocycles. The second-order valence-corrected chi connectivity index (χ2v) is 4.77. The van der Waals surface area contributed by atoms with Crippen LogP contribution in [0.15, 0.2) is 25.7 Å². The first-order chi connectivity index (χ1) is 7.49. The van der Waals surface area contributed by atoms with E-state index in [2.05, 4.69) is 37.2 Å². The third kappa shape index (κ3) is 4.51. The van der Waals surface area contributed by atoms with Crippen LogP contribution in [0.5, 0.6) is 0 Å². The van der Waals surface area contributed by atoms with Gasteiger partial charge in [0, 0.05) is 12.6 Å². The van der Waals surface area contributed by atoms with Gasteiger partial charge >= 0.3 is 0 Å². The molecule has 0 spiro atoms. The molecule has 88 valence electrons. The minimum atomic E-state index is -0.552. The lowest BCUT2D eigenvalue weighted by Crippen LogP contribution is -2.28. The molecule has 1 heterocycles. The highest BCUT2D eigenvalue weighted by Gasteiger charge is 2.04. The number of rotatable bonds is 4. The Kier molecular flexibility index (Phi) is 5.24. The summed E-state index contributed by atoms with van der Waals surface area (Å²) in [6.07, 6.45) is 2.34. The summed E-state index contributed by atoms with van der Waals surface area (Å²) in [5.74, 6) is 0.287. The summed E-state index contributed by atoms with van der Waals surface area (Å²) in [4.78, 5) is 11.2. The molecule has 0 aromatic carbocycles. The van der Waals surface area contributed by atoms with E-state index in [9.17, 15) is 4.79 Å². The third-order valence-corrected chi connectivity index (χ3v) is 3.35. The molecule has 0 bridgehead atoms. The Balaban J connectivity index is 2.50. The molecule has 0 saturated heterocycles. The lowest BCUT2D eigenvalue weighted by atomic mass is 10.3. The molecule has 1 atom stereocenters. The van der Waals surface area contributed by atoms with Crippen molar-refractivity contribution in [2.24, 2.45) is 0 Å². The maximum Gasteiger partial charge on any atom is 0.244 e.